The van der Waals surface area contributed by atoms with Crippen LogP contribution in [0.1, 0.15) is 29.6 Å². The first-order chi connectivity index (χ1) is 8.15. The normalized spacial score (nSPS) is 12.4. The molecule has 0 saturated heterocycles. The molecule has 4 nitrogen and oxygen atoms in total. The van der Waals surface area contributed by atoms with Crippen LogP contribution in [0.15, 0.2) is 28.7 Å². The second-order valence-corrected chi connectivity index (χ2v) is 4.41. The van der Waals surface area contributed by atoms with Crippen molar-refractivity contribution in [2.24, 2.45) is 0 Å². The van der Waals surface area contributed by atoms with Crippen molar-refractivity contribution in [2.75, 3.05) is 0 Å². The van der Waals surface area contributed by atoms with Crippen LogP contribution in [0.25, 0.3) is 0 Å². The molecule has 0 spiro atoms. The Morgan fingerprint density at radius 2 is 2.00 bits per heavy atom. The highest BCUT2D eigenvalue weighted by molar-refractivity contribution is 6.20. The molecule has 1 unspecified atom stereocenters. The maximum atomic E-state index is 5.81. The number of halogens is 1. The summed E-state index contributed by atoms with van der Waals surface area (Å²) in [4.78, 5) is 0. The van der Waals surface area contributed by atoms with Gasteiger partial charge in [0.1, 0.15) is 11.1 Å². The molecule has 0 saturated carbocycles. The van der Waals surface area contributed by atoms with Crippen LogP contribution in [0.5, 0.6) is 5.75 Å². The number of nitrogens with zero attached hydrogens (tertiary/aromatic N) is 2. The molecule has 0 bridgehead atoms. The first-order valence-electron chi connectivity index (χ1n) is 5.31. The molecule has 0 amide bonds. The molecule has 2 rings (SSSR count). The van der Waals surface area contributed by atoms with E-state index in [4.69, 9.17) is 20.8 Å². The van der Waals surface area contributed by atoms with Crippen LogP contribution in [0.2, 0.25) is 0 Å². The van der Waals surface area contributed by atoms with Gasteiger partial charge in [-0.05, 0) is 26.0 Å². The highest BCUT2D eigenvalue weighted by atomic mass is 35.5. The fourth-order valence-electron chi connectivity index (χ4n) is 1.27. The molecule has 17 heavy (non-hydrogen) atoms. The largest absolute Gasteiger partial charge is 0.484 e. The molecule has 1 aromatic carbocycles. The summed E-state index contributed by atoms with van der Waals surface area (Å²) >= 11 is 5.81. The van der Waals surface area contributed by atoms with E-state index < -0.39 is 0 Å². The number of hydrogen-bond acceptors (Lipinski definition) is 4. The summed E-state index contributed by atoms with van der Waals surface area (Å²) in [5, 5.41) is 7.38. The number of benzene rings is 1. The zero-order valence-corrected chi connectivity index (χ0v) is 10.4. The van der Waals surface area contributed by atoms with Gasteiger partial charge in [-0.3, -0.25) is 0 Å². The first kappa shape index (κ1) is 11.9. The molecule has 1 atom stereocenters. The standard InChI is InChI=1S/C12H13ClN2O2/c1-8-3-5-10(6-4-8)16-7-11-14-15-12(17-11)9(2)13/h3-6,9H,7H2,1-2H3. The van der Waals surface area contributed by atoms with E-state index in [-0.39, 0.29) is 12.0 Å². The van der Waals surface area contributed by atoms with Gasteiger partial charge in [-0.15, -0.1) is 21.8 Å². The minimum absolute atomic E-state index is 0.250. The molecule has 1 aromatic heterocycles. The molecule has 0 aliphatic rings. The Bertz CT molecular complexity index is 480. The van der Waals surface area contributed by atoms with Crippen molar-refractivity contribution in [3.05, 3.63) is 41.6 Å². The van der Waals surface area contributed by atoms with Gasteiger partial charge in [0.25, 0.3) is 5.89 Å². The SMILES string of the molecule is Cc1ccc(OCc2nnc(C(C)Cl)o2)cc1. The van der Waals surface area contributed by atoms with Crippen molar-refractivity contribution in [2.45, 2.75) is 25.8 Å². The predicted molar refractivity (Wildman–Crippen MR) is 64.1 cm³/mol. The summed E-state index contributed by atoms with van der Waals surface area (Å²) in [5.41, 5.74) is 1.19. The summed E-state index contributed by atoms with van der Waals surface area (Å²) in [6.07, 6.45) is 0. The first-order valence-corrected chi connectivity index (χ1v) is 5.74. The topological polar surface area (TPSA) is 48.2 Å². The number of hydrogen-bond donors (Lipinski definition) is 0. The summed E-state index contributed by atoms with van der Waals surface area (Å²) < 4.78 is 10.8. The lowest BCUT2D eigenvalue weighted by Gasteiger charge is -2.02. The Labute approximate surface area is 105 Å². The van der Waals surface area contributed by atoms with Crippen LogP contribution in [0.4, 0.5) is 0 Å². The van der Waals surface area contributed by atoms with Gasteiger partial charge in [-0.1, -0.05) is 17.7 Å². The van der Waals surface area contributed by atoms with Crippen LogP contribution in [-0.4, -0.2) is 10.2 Å². The Morgan fingerprint density at radius 1 is 1.29 bits per heavy atom. The number of alkyl halides is 1. The van der Waals surface area contributed by atoms with Crippen LogP contribution in [0, 0.1) is 6.92 Å². The monoisotopic (exact) mass is 252 g/mol. The molecule has 1 heterocycles. The van der Waals surface area contributed by atoms with Gasteiger partial charge in [-0.2, -0.15) is 0 Å². The average molecular weight is 253 g/mol. The van der Waals surface area contributed by atoms with Crippen LogP contribution < -0.4 is 4.74 Å². The Morgan fingerprint density at radius 3 is 2.59 bits per heavy atom. The minimum atomic E-state index is -0.282. The number of aryl methyl sites for hydroxylation is 1. The van der Waals surface area contributed by atoms with Gasteiger partial charge < -0.3 is 9.15 Å². The van der Waals surface area contributed by atoms with Gasteiger partial charge in [0.2, 0.25) is 5.89 Å². The third kappa shape index (κ3) is 3.20. The van der Waals surface area contributed by atoms with Crippen LogP contribution in [0.3, 0.4) is 0 Å². The van der Waals surface area contributed by atoms with Gasteiger partial charge in [-0.25, -0.2) is 0 Å². The fourth-order valence-corrected chi connectivity index (χ4v) is 1.35. The highest BCUT2D eigenvalue weighted by Gasteiger charge is 2.11. The van der Waals surface area contributed by atoms with E-state index in [2.05, 4.69) is 10.2 Å². The molecule has 0 aliphatic heterocycles. The van der Waals surface area contributed by atoms with Crippen molar-refractivity contribution < 1.29 is 9.15 Å². The Balaban J connectivity index is 1.95. The zero-order valence-electron chi connectivity index (χ0n) is 9.68. The molecule has 0 aliphatic carbocycles. The molecular weight excluding hydrogens is 240 g/mol. The van der Waals surface area contributed by atoms with E-state index in [9.17, 15) is 0 Å². The maximum Gasteiger partial charge on any atom is 0.253 e. The number of rotatable bonds is 4. The van der Waals surface area contributed by atoms with E-state index in [1.54, 1.807) is 6.92 Å². The lowest BCUT2D eigenvalue weighted by atomic mass is 10.2. The van der Waals surface area contributed by atoms with Crippen molar-refractivity contribution in [3.63, 3.8) is 0 Å². The summed E-state index contributed by atoms with van der Waals surface area (Å²) in [5.74, 6) is 1.61. The summed E-state index contributed by atoms with van der Waals surface area (Å²) in [6, 6.07) is 7.76. The molecule has 5 heteroatoms. The molecule has 2 aromatic rings. The second-order valence-electron chi connectivity index (χ2n) is 3.75. The summed E-state index contributed by atoms with van der Waals surface area (Å²) in [7, 11) is 0. The van der Waals surface area contributed by atoms with E-state index >= 15 is 0 Å². The van der Waals surface area contributed by atoms with Crippen molar-refractivity contribution in [1.29, 1.82) is 0 Å². The Hall–Kier alpha value is -1.55. The quantitative estimate of drug-likeness (QED) is 0.784. The molecule has 0 N–H and O–H groups in total. The molecule has 0 fully saturated rings. The third-order valence-electron chi connectivity index (χ3n) is 2.21. The lowest BCUT2D eigenvalue weighted by molar-refractivity contribution is 0.259. The fraction of sp³-hybridized carbons (Fsp3) is 0.333. The minimum Gasteiger partial charge on any atom is -0.484 e. The number of aromatic nitrogens is 2. The van der Waals surface area contributed by atoms with E-state index in [1.165, 1.54) is 5.56 Å². The van der Waals surface area contributed by atoms with E-state index in [0.29, 0.717) is 11.8 Å². The van der Waals surface area contributed by atoms with Crippen LogP contribution in [-0.2, 0) is 6.61 Å². The summed E-state index contributed by atoms with van der Waals surface area (Å²) in [6.45, 7) is 4.05. The number of ether oxygens (including phenoxy) is 1. The highest BCUT2D eigenvalue weighted by Crippen LogP contribution is 2.18. The average Bonchev–Trinajstić information content (AvgIpc) is 2.77. The molecule has 90 valence electrons. The molecular formula is C12H13ClN2O2. The maximum absolute atomic E-state index is 5.81. The third-order valence-corrected chi connectivity index (χ3v) is 2.39. The van der Waals surface area contributed by atoms with Crippen LogP contribution >= 0.6 is 11.6 Å². The van der Waals surface area contributed by atoms with Gasteiger partial charge in [0, 0.05) is 0 Å². The van der Waals surface area contributed by atoms with Crippen molar-refractivity contribution in [1.82, 2.24) is 10.2 Å². The zero-order chi connectivity index (χ0) is 12.3. The van der Waals surface area contributed by atoms with E-state index in [0.717, 1.165) is 5.75 Å². The van der Waals surface area contributed by atoms with Gasteiger partial charge in [0.15, 0.2) is 6.61 Å². The predicted octanol–water partition coefficient (Wildman–Crippen LogP) is 3.26. The van der Waals surface area contributed by atoms with Crippen molar-refractivity contribution >= 4 is 11.6 Å². The lowest BCUT2D eigenvalue weighted by Crippen LogP contribution is -1.95. The van der Waals surface area contributed by atoms with Crippen molar-refractivity contribution in [3.8, 4) is 5.75 Å². The van der Waals surface area contributed by atoms with E-state index in [1.807, 2.05) is 31.2 Å². The Kier molecular flexibility index (Phi) is 3.64. The second kappa shape index (κ2) is 5.19. The smallest absolute Gasteiger partial charge is 0.253 e. The molecule has 0 radical (unpaired) electrons. The van der Waals surface area contributed by atoms with Gasteiger partial charge >= 0.3 is 0 Å². The van der Waals surface area contributed by atoms with Gasteiger partial charge in [0.05, 0.1) is 0 Å².